The Morgan fingerprint density at radius 3 is 2.55 bits per heavy atom. The Labute approximate surface area is 172 Å². The Kier molecular flexibility index (Phi) is 5.32. The van der Waals surface area contributed by atoms with Crippen LogP contribution < -0.4 is 5.56 Å². The topological polar surface area (TPSA) is 55.2 Å². The minimum absolute atomic E-state index is 0.0160. The first-order valence-electron chi connectivity index (χ1n) is 10.8. The molecule has 1 unspecified atom stereocenters. The lowest BCUT2D eigenvalue weighted by Crippen LogP contribution is -2.37. The Balaban J connectivity index is 1.52. The van der Waals surface area contributed by atoms with E-state index < -0.39 is 0 Å². The first kappa shape index (κ1) is 19.9. The van der Waals surface area contributed by atoms with E-state index in [1.54, 1.807) is 6.07 Å². The minimum atomic E-state index is -0.163. The highest BCUT2D eigenvalue weighted by Crippen LogP contribution is 2.33. The first-order chi connectivity index (χ1) is 13.8. The number of carbonyl (C=O) groups is 1. The molecule has 5 heteroatoms. The summed E-state index contributed by atoms with van der Waals surface area (Å²) in [6.07, 6.45) is 5.99. The average molecular weight is 394 g/mol. The fourth-order valence-electron chi connectivity index (χ4n) is 4.55. The van der Waals surface area contributed by atoms with Crippen molar-refractivity contribution in [3.8, 4) is 0 Å². The van der Waals surface area contributed by atoms with E-state index in [0.29, 0.717) is 0 Å². The molecule has 1 aromatic heterocycles. The van der Waals surface area contributed by atoms with Crippen molar-refractivity contribution in [2.75, 3.05) is 6.54 Å². The number of hydrogen-bond donors (Lipinski definition) is 0. The van der Waals surface area contributed by atoms with Crippen LogP contribution in [0.5, 0.6) is 0 Å². The molecule has 0 N–H and O–H groups in total. The Bertz CT molecular complexity index is 954. The van der Waals surface area contributed by atoms with Gasteiger partial charge in [-0.1, -0.05) is 45.0 Å². The summed E-state index contributed by atoms with van der Waals surface area (Å²) < 4.78 is 1.37. The van der Waals surface area contributed by atoms with E-state index in [4.69, 9.17) is 0 Å². The molecule has 2 aromatic rings. The fourth-order valence-corrected chi connectivity index (χ4v) is 4.55. The summed E-state index contributed by atoms with van der Waals surface area (Å²) in [5, 5.41) is 4.52. The number of aryl methyl sites for hydroxylation is 2. The zero-order valence-corrected chi connectivity index (χ0v) is 17.8. The van der Waals surface area contributed by atoms with Gasteiger partial charge in [-0.2, -0.15) is 5.10 Å². The molecule has 1 saturated heterocycles. The molecule has 1 aliphatic carbocycles. The third-order valence-corrected chi connectivity index (χ3v) is 6.29. The molecule has 4 rings (SSSR count). The molecule has 0 radical (unpaired) electrons. The Morgan fingerprint density at radius 2 is 1.83 bits per heavy atom. The van der Waals surface area contributed by atoms with Gasteiger partial charge in [-0.25, -0.2) is 4.68 Å². The van der Waals surface area contributed by atoms with Crippen LogP contribution in [0.15, 0.2) is 35.1 Å². The van der Waals surface area contributed by atoms with Crippen molar-refractivity contribution in [2.45, 2.75) is 77.3 Å². The number of rotatable bonds is 3. The van der Waals surface area contributed by atoms with Crippen LogP contribution in [0.2, 0.25) is 0 Å². The monoisotopic (exact) mass is 393 g/mol. The van der Waals surface area contributed by atoms with Gasteiger partial charge in [-0.05, 0) is 60.6 Å². The molecule has 1 atom stereocenters. The van der Waals surface area contributed by atoms with Gasteiger partial charge in [0.1, 0.15) is 6.54 Å². The molecular weight excluding hydrogens is 362 g/mol. The second-order valence-electron chi connectivity index (χ2n) is 9.44. The molecular formula is C24H31N3O2. The van der Waals surface area contributed by atoms with E-state index in [1.807, 2.05) is 4.90 Å². The van der Waals surface area contributed by atoms with Gasteiger partial charge in [-0.3, -0.25) is 9.59 Å². The van der Waals surface area contributed by atoms with E-state index in [2.05, 4.69) is 50.1 Å². The predicted molar refractivity (Wildman–Crippen MR) is 114 cm³/mol. The van der Waals surface area contributed by atoms with E-state index in [-0.39, 0.29) is 29.5 Å². The van der Waals surface area contributed by atoms with Crippen LogP contribution in [-0.2, 0) is 29.6 Å². The van der Waals surface area contributed by atoms with Gasteiger partial charge < -0.3 is 4.90 Å². The van der Waals surface area contributed by atoms with Gasteiger partial charge >= 0.3 is 0 Å². The molecule has 0 bridgehead atoms. The van der Waals surface area contributed by atoms with E-state index in [9.17, 15) is 9.59 Å². The number of fused-ring (bicyclic) bond motifs is 1. The van der Waals surface area contributed by atoms with Gasteiger partial charge in [0.25, 0.3) is 5.56 Å². The molecule has 1 amide bonds. The Morgan fingerprint density at radius 1 is 1.10 bits per heavy atom. The van der Waals surface area contributed by atoms with E-state index in [1.165, 1.54) is 15.8 Å². The molecule has 2 aliphatic rings. The summed E-state index contributed by atoms with van der Waals surface area (Å²) >= 11 is 0. The molecule has 0 spiro atoms. The lowest BCUT2D eigenvalue weighted by atomic mass is 9.86. The fraction of sp³-hybridized carbons (Fsp3) is 0.542. The van der Waals surface area contributed by atoms with Gasteiger partial charge in [-0.15, -0.1) is 0 Å². The normalized spacial score (nSPS) is 19.3. The van der Waals surface area contributed by atoms with Crippen molar-refractivity contribution in [1.82, 2.24) is 14.7 Å². The molecule has 2 heterocycles. The quantitative estimate of drug-likeness (QED) is 0.797. The number of amides is 1. The van der Waals surface area contributed by atoms with Gasteiger partial charge in [0.2, 0.25) is 5.91 Å². The van der Waals surface area contributed by atoms with E-state index in [0.717, 1.165) is 56.3 Å². The van der Waals surface area contributed by atoms with Crippen molar-refractivity contribution in [1.29, 1.82) is 0 Å². The SMILES string of the molecule is CC(C)(C)c1ccc(C2CCCN2C(=O)Cn2nc3c(cc2=O)CCCC3)cc1. The minimum Gasteiger partial charge on any atom is -0.334 e. The lowest BCUT2D eigenvalue weighted by molar-refractivity contribution is -0.133. The lowest BCUT2D eigenvalue weighted by Gasteiger charge is -2.26. The number of aromatic nitrogens is 2. The predicted octanol–water partition coefficient (Wildman–Crippen LogP) is 3.78. The maximum absolute atomic E-state index is 13.1. The van der Waals surface area contributed by atoms with Crippen LogP contribution >= 0.6 is 0 Å². The molecule has 1 aliphatic heterocycles. The van der Waals surface area contributed by atoms with Crippen molar-refractivity contribution >= 4 is 5.91 Å². The van der Waals surface area contributed by atoms with Gasteiger partial charge in [0.15, 0.2) is 0 Å². The number of hydrogen-bond acceptors (Lipinski definition) is 3. The van der Waals surface area contributed by atoms with Crippen molar-refractivity contribution in [3.63, 3.8) is 0 Å². The number of nitrogens with zero attached hydrogens (tertiary/aromatic N) is 3. The zero-order valence-electron chi connectivity index (χ0n) is 17.8. The molecule has 5 nitrogen and oxygen atoms in total. The number of likely N-dealkylation sites (tertiary alicyclic amines) is 1. The molecule has 0 saturated carbocycles. The molecule has 1 fully saturated rings. The van der Waals surface area contributed by atoms with Crippen LogP contribution in [0, 0.1) is 0 Å². The average Bonchev–Trinajstić information content (AvgIpc) is 3.18. The largest absolute Gasteiger partial charge is 0.334 e. The maximum Gasteiger partial charge on any atom is 0.267 e. The van der Waals surface area contributed by atoms with Crippen LogP contribution in [0.25, 0.3) is 0 Å². The summed E-state index contributed by atoms with van der Waals surface area (Å²) in [7, 11) is 0. The summed E-state index contributed by atoms with van der Waals surface area (Å²) in [4.78, 5) is 27.5. The third-order valence-electron chi connectivity index (χ3n) is 6.29. The van der Waals surface area contributed by atoms with Crippen LogP contribution in [-0.4, -0.2) is 27.1 Å². The second kappa shape index (κ2) is 7.77. The summed E-state index contributed by atoms with van der Waals surface area (Å²) in [6, 6.07) is 10.4. The molecule has 29 heavy (non-hydrogen) atoms. The van der Waals surface area contributed by atoms with Crippen molar-refractivity contribution in [3.05, 3.63) is 63.1 Å². The molecule has 1 aromatic carbocycles. The van der Waals surface area contributed by atoms with Crippen LogP contribution in [0.1, 0.15) is 74.9 Å². The number of carbonyl (C=O) groups excluding carboxylic acids is 1. The Hall–Kier alpha value is -2.43. The maximum atomic E-state index is 13.1. The van der Waals surface area contributed by atoms with Crippen LogP contribution in [0.3, 0.4) is 0 Å². The first-order valence-corrected chi connectivity index (χ1v) is 10.8. The summed E-state index contributed by atoms with van der Waals surface area (Å²) in [6.45, 7) is 7.39. The summed E-state index contributed by atoms with van der Waals surface area (Å²) in [5.74, 6) is -0.0160. The van der Waals surface area contributed by atoms with Crippen molar-refractivity contribution in [2.24, 2.45) is 0 Å². The van der Waals surface area contributed by atoms with E-state index >= 15 is 0 Å². The van der Waals surface area contributed by atoms with Gasteiger partial charge in [0.05, 0.1) is 11.7 Å². The highest BCUT2D eigenvalue weighted by molar-refractivity contribution is 5.76. The highest BCUT2D eigenvalue weighted by atomic mass is 16.2. The van der Waals surface area contributed by atoms with Gasteiger partial charge in [0, 0.05) is 12.6 Å². The summed E-state index contributed by atoms with van der Waals surface area (Å²) in [5.41, 5.74) is 4.46. The highest BCUT2D eigenvalue weighted by Gasteiger charge is 2.30. The smallest absolute Gasteiger partial charge is 0.267 e. The van der Waals surface area contributed by atoms with Crippen LogP contribution in [0.4, 0.5) is 0 Å². The second-order valence-corrected chi connectivity index (χ2v) is 9.44. The third kappa shape index (κ3) is 4.14. The zero-order chi connectivity index (χ0) is 20.6. The molecule has 154 valence electrons. The standard InChI is InChI=1S/C24H31N3O2/c1-24(2,3)19-12-10-17(11-13-19)21-9-6-14-26(21)23(29)16-27-22(28)15-18-7-4-5-8-20(18)25-27/h10-13,15,21H,4-9,14,16H2,1-3H3. The van der Waals surface area contributed by atoms with Crippen molar-refractivity contribution < 1.29 is 4.79 Å². The number of benzene rings is 1.